The lowest BCUT2D eigenvalue weighted by Gasteiger charge is -2.18. The number of allylic oxidation sites excluding steroid dienone is 16. The molecule has 0 radical (unpaired) electrons. The number of ether oxygens (including phenoxy) is 3. The van der Waals surface area contributed by atoms with Gasteiger partial charge in [0.2, 0.25) is 0 Å². The van der Waals surface area contributed by atoms with Gasteiger partial charge in [-0.05, 0) is 122 Å². The Morgan fingerprint density at radius 2 is 0.542 bits per heavy atom. The van der Waals surface area contributed by atoms with Crippen molar-refractivity contribution < 1.29 is 28.6 Å². The molecule has 0 aromatic rings. The highest BCUT2D eigenvalue weighted by molar-refractivity contribution is 5.71. The summed E-state index contributed by atoms with van der Waals surface area (Å²) in [6, 6.07) is 0. The first kappa shape index (κ1) is 68.3. The van der Waals surface area contributed by atoms with Crippen LogP contribution in [0.2, 0.25) is 0 Å². The van der Waals surface area contributed by atoms with E-state index in [1.165, 1.54) is 122 Å². The van der Waals surface area contributed by atoms with Crippen molar-refractivity contribution in [1.82, 2.24) is 0 Å². The second-order valence-electron chi connectivity index (χ2n) is 19.9. The van der Waals surface area contributed by atoms with E-state index in [-0.39, 0.29) is 31.1 Å². The van der Waals surface area contributed by atoms with Crippen molar-refractivity contribution in [2.45, 2.75) is 290 Å². The van der Waals surface area contributed by atoms with E-state index in [0.717, 1.165) is 122 Å². The average molecular weight is 1000 g/mol. The van der Waals surface area contributed by atoms with Gasteiger partial charge in [0.1, 0.15) is 13.2 Å². The average Bonchev–Trinajstić information content (AvgIpc) is 3.38. The van der Waals surface area contributed by atoms with Crippen molar-refractivity contribution >= 4 is 17.9 Å². The van der Waals surface area contributed by atoms with Crippen LogP contribution in [0, 0.1) is 0 Å². The molecule has 1 atom stereocenters. The van der Waals surface area contributed by atoms with Gasteiger partial charge in [-0.1, -0.05) is 240 Å². The van der Waals surface area contributed by atoms with Gasteiger partial charge < -0.3 is 14.2 Å². The molecule has 0 aliphatic carbocycles. The molecule has 72 heavy (non-hydrogen) atoms. The largest absolute Gasteiger partial charge is 0.462 e. The Balaban J connectivity index is 4.47. The fraction of sp³-hybridized carbons (Fsp3) is 0.712. The van der Waals surface area contributed by atoms with Crippen molar-refractivity contribution in [3.63, 3.8) is 0 Å². The number of esters is 3. The molecule has 0 amide bonds. The molecule has 0 spiro atoms. The predicted octanol–water partition coefficient (Wildman–Crippen LogP) is 20.5. The van der Waals surface area contributed by atoms with E-state index in [0.29, 0.717) is 19.3 Å². The first-order valence-corrected chi connectivity index (χ1v) is 30.2. The van der Waals surface area contributed by atoms with Gasteiger partial charge in [-0.2, -0.15) is 0 Å². The number of rotatable bonds is 54. The van der Waals surface area contributed by atoms with E-state index in [9.17, 15) is 14.4 Å². The van der Waals surface area contributed by atoms with Gasteiger partial charge in [0.15, 0.2) is 6.10 Å². The summed E-state index contributed by atoms with van der Waals surface area (Å²) >= 11 is 0. The summed E-state index contributed by atoms with van der Waals surface area (Å²) in [5.74, 6) is -0.938. The maximum atomic E-state index is 12.9. The minimum atomic E-state index is -0.801. The lowest BCUT2D eigenvalue weighted by Crippen LogP contribution is -2.30. The van der Waals surface area contributed by atoms with E-state index >= 15 is 0 Å². The van der Waals surface area contributed by atoms with Crippen molar-refractivity contribution in [1.29, 1.82) is 0 Å². The Labute approximate surface area is 445 Å². The van der Waals surface area contributed by atoms with Gasteiger partial charge in [-0.25, -0.2) is 0 Å². The number of unbranched alkanes of at least 4 members (excludes halogenated alkanes) is 27. The monoisotopic (exact) mass is 1000 g/mol. The fourth-order valence-corrected chi connectivity index (χ4v) is 8.26. The molecular formula is C66H112O6. The second-order valence-corrected chi connectivity index (χ2v) is 19.9. The van der Waals surface area contributed by atoms with Crippen LogP contribution in [0.4, 0.5) is 0 Å². The molecule has 0 saturated carbocycles. The predicted molar refractivity (Wildman–Crippen MR) is 311 cm³/mol. The Morgan fingerprint density at radius 3 is 0.903 bits per heavy atom. The number of hydrogen-bond donors (Lipinski definition) is 0. The van der Waals surface area contributed by atoms with Crippen LogP contribution in [0.25, 0.3) is 0 Å². The van der Waals surface area contributed by atoms with E-state index in [1.807, 2.05) is 0 Å². The SMILES string of the molecule is CC/C=C\C/C=C\C/C=C\C/C=C\C/C=C\CCCCCC(=O)OCC(COC(=O)CCCCCCCCC/C=C\C/C=C\CCCCC)OC(=O)CCCCCCC/C=C\CCCCCCCCCCC. The molecule has 0 heterocycles. The lowest BCUT2D eigenvalue weighted by atomic mass is 10.1. The van der Waals surface area contributed by atoms with E-state index in [4.69, 9.17) is 14.2 Å². The van der Waals surface area contributed by atoms with Crippen LogP contribution in [0.1, 0.15) is 284 Å². The number of carbonyl (C=O) groups excluding carboxylic acids is 3. The summed E-state index contributed by atoms with van der Waals surface area (Å²) in [5.41, 5.74) is 0. The van der Waals surface area contributed by atoms with Crippen molar-refractivity contribution in [2.75, 3.05) is 13.2 Å². The standard InChI is InChI=1S/C66H112O6/c1-4-7-10-13-16-19-22-25-28-31-33-36-38-41-44-47-50-53-56-59-65(68)71-62-63(61-70-64(67)58-55-52-49-46-43-40-37-34-30-27-24-21-18-15-12-9-6-3)72-66(69)60-57-54-51-48-45-42-39-35-32-29-26-23-20-17-14-11-8-5-2/h7,10,16,18-19,21,25,27-28,30,33,35-36,39,41,44,63H,4-6,8-9,11-15,17,20,22-24,26,29,31-32,34,37-38,40,42-43,45-62H2,1-3H3/b10-7-,19-16-,21-18-,28-25-,30-27-,36-33-,39-35-,44-41-. The summed E-state index contributed by atoms with van der Waals surface area (Å²) in [6.45, 7) is 6.48. The van der Waals surface area contributed by atoms with Crippen LogP contribution in [-0.2, 0) is 28.6 Å². The molecular weight excluding hydrogens is 889 g/mol. The molecule has 0 N–H and O–H groups in total. The Hall–Kier alpha value is -3.67. The Bertz CT molecular complexity index is 1430. The first-order chi connectivity index (χ1) is 35.5. The van der Waals surface area contributed by atoms with E-state index in [1.54, 1.807) is 0 Å². The molecule has 0 aliphatic heterocycles. The van der Waals surface area contributed by atoms with Gasteiger partial charge in [0.05, 0.1) is 0 Å². The molecule has 0 rings (SSSR count). The molecule has 0 fully saturated rings. The summed E-state index contributed by atoms with van der Waals surface area (Å²) < 4.78 is 16.9. The third kappa shape index (κ3) is 57.2. The number of carbonyl (C=O) groups is 3. The van der Waals surface area contributed by atoms with Crippen molar-refractivity contribution in [3.8, 4) is 0 Å². The normalized spacial score (nSPS) is 12.8. The fourth-order valence-electron chi connectivity index (χ4n) is 8.26. The van der Waals surface area contributed by atoms with Crippen LogP contribution in [0.5, 0.6) is 0 Å². The smallest absolute Gasteiger partial charge is 0.306 e. The Morgan fingerprint density at radius 1 is 0.292 bits per heavy atom. The lowest BCUT2D eigenvalue weighted by molar-refractivity contribution is -0.167. The highest BCUT2D eigenvalue weighted by Gasteiger charge is 2.19. The third-order valence-corrected chi connectivity index (χ3v) is 12.8. The summed E-state index contributed by atoms with van der Waals surface area (Å²) in [4.78, 5) is 38.3. The topological polar surface area (TPSA) is 78.9 Å². The third-order valence-electron chi connectivity index (χ3n) is 12.8. The maximum Gasteiger partial charge on any atom is 0.306 e. The molecule has 6 nitrogen and oxygen atoms in total. The van der Waals surface area contributed by atoms with Crippen LogP contribution in [-0.4, -0.2) is 37.2 Å². The molecule has 1 unspecified atom stereocenters. The molecule has 0 aromatic carbocycles. The molecule has 6 heteroatoms. The van der Waals surface area contributed by atoms with Crippen LogP contribution >= 0.6 is 0 Å². The van der Waals surface area contributed by atoms with Crippen molar-refractivity contribution in [3.05, 3.63) is 97.2 Å². The summed E-state index contributed by atoms with van der Waals surface area (Å²) in [7, 11) is 0. The summed E-state index contributed by atoms with van der Waals surface area (Å²) in [5, 5.41) is 0. The zero-order valence-electron chi connectivity index (χ0n) is 47.2. The van der Waals surface area contributed by atoms with Gasteiger partial charge in [-0.15, -0.1) is 0 Å². The molecule has 0 saturated heterocycles. The van der Waals surface area contributed by atoms with Gasteiger partial charge in [0, 0.05) is 19.3 Å². The van der Waals surface area contributed by atoms with Crippen molar-refractivity contribution in [2.24, 2.45) is 0 Å². The van der Waals surface area contributed by atoms with Gasteiger partial charge in [-0.3, -0.25) is 14.4 Å². The second kappa shape index (κ2) is 59.9. The zero-order valence-corrected chi connectivity index (χ0v) is 47.2. The summed E-state index contributed by atoms with van der Waals surface area (Å²) in [6.07, 6.45) is 79.7. The molecule has 0 bridgehead atoms. The number of hydrogen-bond acceptors (Lipinski definition) is 6. The zero-order chi connectivity index (χ0) is 52.2. The van der Waals surface area contributed by atoms with Crippen LogP contribution in [0.3, 0.4) is 0 Å². The highest BCUT2D eigenvalue weighted by atomic mass is 16.6. The van der Waals surface area contributed by atoms with E-state index < -0.39 is 6.10 Å². The maximum absolute atomic E-state index is 12.9. The first-order valence-electron chi connectivity index (χ1n) is 30.2. The molecule has 412 valence electrons. The Kier molecular flexibility index (Phi) is 56.8. The minimum Gasteiger partial charge on any atom is -0.462 e. The molecule has 0 aromatic heterocycles. The quantitative estimate of drug-likeness (QED) is 0.0261. The van der Waals surface area contributed by atoms with Crippen LogP contribution in [0.15, 0.2) is 97.2 Å². The van der Waals surface area contributed by atoms with E-state index in [2.05, 4.69) is 118 Å². The molecule has 0 aliphatic rings. The minimum absolute atomic E-state index is 0.0958. The van der Waals surface area contributed by atoms with Crippen LogP contribution < -0.4 is 0 Å². The van der Waals surface area contributed by atoms with Gasteiger partial charge >= 0.3 is 17.9 Å². The highest BCUT2D eigenvalue weighted by Crippen LogP contribution is 2.15. The van der Waals surface area contributed by atoms with Gasteiger partial charge in [0.25, 0.3) is 0 Å².